The van der Waals surface area contributed by atoms with Crippen molar-refractivity contribution < 1.29 is 29.0 Å². The number of hydrogen-bond acceptors (Lipinski definition) is 6. The molecule has 4 aromatic rings. The van der Waals surface area contributed by atoms with Crippen molar-refractivity contribution in [2.75, 3.05) is 7.11 Å². The molecule has 0 heterocycles. The summed E-state index contributed by atoms with van der Waals surface area (Å²) in [6.45, 7) is 35.6. The van der Waals surface area contributed by atoms with E-state index < -0.39 is 5.91 Å². The number of hydrazine groups is 2. The van der Waals surface area contributed by atoms with E-state index in [1.54, 1.807) is 49.4 Å². The highest BCUT2D eigenvalue weighted by Crippen LogP contribution is 2.33. The number of amides is 4. The number of phenolic OH excluding ortho intramolecular Hbond substituents is 1. The summed E-state index contributed by atoms with van der Waals surface area (Å²) in [6.07, 6.45) is 7.92. The highest BCUT2D eigenvalue weighted by Gasteiger charge is 2.37. The SMILES string of the molecule is C=CCc1ccc(C(=O)NN(C(=O)c2cc(C)cc(C)c2)[C@H](CCC)C(C)(C)C)c(C)c1O.C=CCc1ccc(C(=O)NN(C(=O)c2cc(C)cc(C)c2)[C@H](CCC)C(C)(C)C)c(C)c1OC. The second-order valence-electron chi connectivity index (χ2n) is 20.0. The lowest BCUT2D eigenvalue weighted by atomic mass is 9.83. The first-order valence-electron chi connectivity index (χ1n) is 23.5. The third-order valence-electron chi connectivity index (χ3n) is 12.0. The summed E-state index contributed by atoms with van der Waals surface area (Å²) in [5.74, 6) is -0.452. The lowest BCUT2D eigenvalue weighted by Gasteiger charge is -2.40. The maximum Gasteiger partial charge on any atom is 0.272 e. The van der Waals surface area contributed by atoms with Crippen LogP contribution in [0.5, 0.6) is 11.5 Å². The van der Waals surface area contributed by atoms with Gasteiger partial charge in [-0.2, -0.15) is 0 Å². The fraction of sp³-hybridized carbons (Fsp3) is 0.439. The molecule has 0 aliphatic rings. The maximum atomic E-state index is 13.8. The van der Waals surface area contributed by atoms with E-state index >= 15 is 0 Å². The molecule has 4 rings (SSSR count). The van der Waals surface area contributed by atoms with Gasteiger partial charge in [0.15, 0.2) is 0 Å². The van der Waals surface area contributed by atoms with Crippen molar-refractivity contribution in [3.63, 3.8) is 0 Å². The van der Waals surface area contributed by atoms with E-state index in [0.717, 1.165) is 59.1 Å². The number of nitrogens with zero attached hydrogens (tertiary/aromatic N) is 2. The van der Waals surface area contributed by atoms with Crippen LogP contribution in [0.4, 0.5) is 0 Å². The Bertz CT molecular complexity index is 2380. The molecule has 3 N–H and O–H groups in total. The molecular weight excluding hydrogens is 837 g/mol. The van der Waals surface area contributed by atoms with Gasteiger partial charge in [0.25, 0.3) is 23.6 Å². The smallest absolute Gasteiger partial charge is 0.272 e. The predicted molar refractivity (Wildman–Crippen MR) is 274 cm³/mol. The Balaban J connectivity index is 0.000000355. The summed E-state index contributed by atoms with van der Waals surface area (Å²) in [5.41, 5.74) is 14.2. The van der Waals surface area contributed by atoms with Gasteiger partial charge in [0.05, 0.1) is 19.2 Å². The van der Waals surface area contributed by atoms with Gasteiger partial charge in [0, 0.05) is 33.4 Å². The van der Waals surface area contributed by atoms with Gasteiger partial charge in [-0.15, -0.1) is 13.2 Å². The number of methoxy groups -OCH3 is 1. The lowest BCUT2D eigenvalue weighted by molar-refractivity contribution is 0.0270. The van der Waals surface area contributed by atoms with Crippen LogP contribution in [0.3, 0.4) is 0 Å². The molecule has 0 saturated heterocycles. The highest BCUT2D eigenvalue weighted by atomic mass is 16.5. The molecule has 0 aromatic heterocycles. The number of aryl methyl sites for hydroxylation is 4. The molecule has 0 bridgehead atoms. The first-order chi connectivity index (χ1) is 31.3. The van der Waals surface area contributed by atoms with Gasteiger partial charge in [-0.3, -0.25) is 30.0 Å². The van der Waals surface area contributed by atoms with Crippen LogP contribution < -0.4 is 15.6 Å². The van der Waals surface area contributed by atoms with Crippen LogP contribution in [0.15, 0.2) is 86.0 Å². The highest BCUT2D eigenvalue weighted by molar-refractivity contribution is 6.01. The van der Waals surface area contributed by atoms with Crippen molar-refractivity contribution in [2.24, 2.45) is 10.8 Å². The van der Waals surface area contributed by atoms with Gasteiger partial charge in [0.1, 0.15) is 11.5 Å². The first-order valence-corrected chi connectivity index (χ1v) is 23.5. The second-order valence-corrected chi connectivity index (χ2v) is 20.0. The molecular formula is C57H78N4O6. The minimum Gasteiger partial charge on any atom is -0.507 e. The monoisotopic (exact) mass is 915 g/mol. The van der Waals surface area contributed by atoms with E-state index in [9.17, 15) is 24.3 Å². The molecule has 0 aliphatic carbocycles. The zero-order valence-electron chi connectivity index (χ0n) is 43.1. The molecule has 10 heteroatoms. The molecule has 4 aromatic carbocycles. The van der Waals surface area contributed by atoms with E-state index in [-0.39, 0.29) is 46.4 Å². The zero-order chi connectivity index (χ0) is 50.6. The maximum absolute atomic E-state index is 13.8. The third kappa shape index (κ3) is 14.4. The summed E-state index contributed by atoms with van der Waals surface area (Å²) in [7, 11) is 1.60. The van der Waals surface area contributed by atoms with Crippen LogP contribution in [0, 0.1) is 52.4 Å². The van der Waals surface area contributed by atoms with E-state index in [4.69, 9.17) is 4.74 Å². The van der Waals surface area contributed by atoms with Crippen molar-refractivity contribution in [3.8, 4) is 11.5 Å². The minimum atomic E-state index is -0.420. The molecule has 0 saturated carbocycles. The Morgan fingerprint density at radius 2 is 0.970 bits per heavy atom. The van der Waals surface area contributed by atoms with Gasteiger partial charge in [-0.1, -0.05) is 127 Å². The van der Waals surface area contributed by atoms with Crippen molar-refractivity contribution in [1.82, 2.24) is 20.9 Å². The number of benzene rings is 4. The van der Waals surface area contributed by atoms with E-state index in [1.807, 2.05) is 77.1 Å². The third-order valence-corrected chi connectivity index (χ3v) is 12.0. The zero-order valence-corrected chi connectivity index (χ0v) is 43.1. The molecule has 0 fully saturated rings. The van der Waals surface area contributed by atoms with Gasteiger partial charge in [-0.25, -0.2) is 10.0 Å². The number of rotatable bonds is 15. The van der Waals surface area contributed by atoms with Crippen molar-refractivity contribution in [1.29, 1.82) is 0 Å². The summed E-state index contributed by atoms with van der Waals surface area (Å²) >= 11 is 0. The lowest BCUT2D eigenvalue weighted by Crippen LogP contribution is -2.56. The van der Waals surface area contributed by atoms with E-state index in [2.05, 4.69) is 79.4 Å². The molecule has 0 aliphatic heterocycles. The first kappa shape index (κ1) is 55.2. The number of nitrogens with one attached hydrogen (secondary N) is 2. The average Bonchev–Trinajstić information content (AvgIpc) is 3.23. The Morgan fingerprint density at radius 3 is 1.31 bits per heavy atom. The van der Waals surface area contributed by atoms with Crippen molar-refractivity contribution in [3.05, 3.63) is 153 Å². The van der Waals surface area contributed by atoms with Gasteiger partial charge >= 0.3 is 0 Å². The molecule has 10 nitrogen and oxygen atoms in total. The van der Waals surface area contributed by atoms with Crippen LogP contribution >= 0.6 is 0 Å². The minimum absolute atomic E-state index is 0.0793. The molecule has 4 amide bonds. The van der Waals surface area contributed by atoms with Crippen LogP contribution in [0.1, 0.15) is 167 Å². The molecule has 0 unspecified atom stereocenters. The molecule has 362 valence electrons. The fourth-order valence-corrected chi connectivity index (χ4v) is 8.72. The topological polar surface area (TPSA) is 128 Å². The van der Waals surface area contributed by atoms with Gasteiger partial charge in [-0.05, 0) is 126 Å². The largest absolute Gasteiger partial charge is 0.507 e. The number of carbonyl (C=O) groups is 4. The van der Waals surface area contributed by atoms with E-state index in [1.165, 1.54) is 5.01 Å². The standard InChI is InChI=1S/C29H40N2O3.C28H38N2O3/c1-10-12-22-14-15-24(21(5)26(22)34-9)27(32)30-31(25(13-11-2)29(6,7)8)28(33)23-17-19(3)16-20(4)18-23;1-9-11-21-13-14-23(20(5)25(21)31)26(32)29-30(24(12-10-2)28(6,7)8)27(33)22-16-18(3)15-19(4)17-22/h10,14-18,25H,1,11-13H2,2-9H3,(H,30,32);9,13-17,24,31H,1,10-12H2,2-8H3,(H,29,32)/t25-;24-/m11/s1. The summed E-state index contributed by atoms with van der Waals surface area (Å²) < 4.78 is 5.60. The summed E-state index contributed by atoms with van der Waals surface area (Å²) in [5, 5.41) is 13.6. The number of allylic oxidation sites excluding steroid dienone is 2. The fourth-order valence-electron chi connectivity index (χ4n) is 8.72. The van der Waals surface area contributed by atoms with Crippen molar-refractivity contribution >= 4 is 23.6 Å². The van der Waals surface area contributed by atoms with Gasteiger partial charge < -0.3 is 9.84 Å². The van der Waals surface area contributed by atoms with E-state index in [0.29, 0.717) is 52.0 Å². The number of phenols is 1. The van der Waals surface area contributed by atoms with Crippen molar-refractivity contribution in [2.45, 2.75) is 148 Å². The average molecular weight is 915 g/mol. The number of aromatic hydroxyl groups is 1. The number of ether oxygens (including phenoxy) is 1. The van der Waals surface area contributed by atoms with Crippen LogP contribution in [0.2, 0.25) is 0 Å². The van der Waals surface area contributed by atoms with Crippen LogP contribution in [-0.2, 0) is 12.8 Å². The number of carbonyl (C=O) groups excluding carboxylic acids is 4. The Kier molecular flexibility index (Phi) is 19.8. The normalized spacial score (nSPS) is 12.2. The molecule has 67 heavy (non-hydrogen) atoms. The second kappa shape index (κ2) is 24.0. The Labute approximate surface area is 401 Å². The quantitative estimate of drug-likeness (QED) is 0.0805. The number of hydrogen-bond donors (Lipinski definition) is 3. The predicted octanol–water partition coefficient (Wildman–Crippen LogP) is 12.4. The molecule has 2 atom stereocenters. The molecule has 0 radical (unpaired) electrons. The van der Waals surface area contributed by atoms with Gasteiger partial charge in [0.2, 0.25) is 0 Å². The summed E-state index contributed by atoms with van der Waals surface area (Å²) in [6, 6.07) is 18.2. The molecule has 0 spiro atoms. The van der Waals surface area contributed by atoms with Crippen LogP contribution in [0.25, 0.3) is 0 Å². The Morgan fingerprint density at radius 1 is 0.612 bits per heavy atom. The Hall–Kier alpha value is -6.16. The summed E-state index contributed by atoms with van der Waals surface area (Å²) in [4.78, 5) is 54.4. The van der Waals surface area contributed by atoms with Crippen LogP contribution in [-0.4, -0.2) is 57.9 Å².